The summed E-state index contributed by atoms with van der Waals surface area (Å²) >= 11 is 5.96. The number of pyridine rings is 1. The quantitative estimate of drug-likeness (QED) is 0.697. The molecule has 0 spiro atoms. The topological polar surface area (TPSA) is 45.2 Å². The molecule has 1 N–H and O–H groups in total. The van der Waals surface area contributed by atoms with E-state index in [0.29, 0.717) is 10.7 Å². The summed E-state index contributed by atoms with van der Waals surface area (Å²) in [6, 6.07) is 19.2. The third kappa shape index (κ3) is 4.41. The van der Waals surface area contributed by atoms with Crippen molar-refractivity contribution in [2.24, 2.45) is 0 Å². The summed E-state index contributed by atoms with van der Waals surface area (Å²) in [5.74, 6) is -0.245. The predicted octanol–water partition coefficient (Wildman–Crippen LogP) is 4.93. The van der Waals surface area contributed by atoms with E-state index in [2.05, 4.69) is 27.3 Å². The van der Waals surface area contributed by atoms with Crippen LogP contribution in [0, 0.1) is 6.92 Å². The molecule has 1 aromatic heterocycles. The second kappa shape index (κ2) is 8.02. The Morgan fingerprint density at radius 2 is 1.88 bits per heavy atom. The monoisotopic (exact) mass is 365 g/mol. The standard InChI is InChI=1S/C21H20ClN3O/c1-15-12-17(22)8-9-19(15)24-21(26)20-13-18(10-11-23-20)25(2)14-16-6-4-3-5-7-16/h3-13H,14H2,1-2H3,(H,24,26). The number of carbonyl (C=O) groups is 1. The van der Waals surface area contributed by atoms with E-state index in [1.54, 1.807) is 24.4 Å². The molecule has 1 amide bonds. The van der Waals surface area contributed by atoms with E-state index in [1.165, 1.54) is 5.56 Å². The molecule has 0 aliphatic rings. The van der Waals surface area contributed by atoms with Gasteiger partial charge < -0.3 is 10.2 Å². The van der Waals surface area contributed by atoms with E-state index in [0.717, 1.165) is 23.5 Å². The minimum Gasteiger partial charge on any atom is -0.370 e. The Morgan fingerprint density at radius 1 is 1.12 bits per heavy atom. The van der Waals surface area contributed by atoms with Gasteiger partial charge in [-0.1, -0.05) is 41.9 Å². The number of benzene rings is 2. The Hall–Kier alpha value is -2.85. The zero-order valence-electron chi connectivity index (χ0n) is 14.7. The Kier molecular flexibility index (Phi) is 5.54. The van der Waals surface area contributed by atoms with Crippen LogP contribution < -0.4 is 10.2 Å². The maximum absolute atomic E-state index is 12.6. The van der Waals surface area contributed by atoms with Crippen LogP contribution in [0.1, 0.15) is 21.6 Å². The summed E-state index contributed by atoms with van der Waals surface area (Å²) in [5, 5.41) is 3.53. The van der Waals surface area contributed by atoms with Gasteiger partial charge in [0.25, 0.3) is 5.91 Å². The van der Waals surface area contributed by atoms with E-state index in [1.807, 2.05) is 44.3 Å². The van der Waals surface area contributed by atoms with Crippen LogP contribution >= 0.6 is 11.6 Å². The number of nitrogens with zero attached hydrogens (tertiary/aromatic N) is 2. The van der Waals surface area contributed by atoms with Crippen molar-refractivity contribution in [1.29, 1.82) is 0 Å². The van der Waals surface area contributed by atoms with Gasteiger partial charge in [0.2, 0.25) is 0 Å². The molecule has 0 radical (unpaired) electrons. The SMILES string of the molecule is Cc1cc(Cl)ccc1NC(=O)c1cc(N(C)Cc2ccccc2)ccn1. The van der Waals surface area contributed by atoms with Crippen LogP contribution in [0.4, 0.5) is 11.4 Å². The highest BCUT2D eigenvalue weighted by molar-refractivity contribution is 6.30. The van der Waals surface area contributed by atoms with E-state index in [4.69, 9.17) is 11.6 Å². The van der Waals surface area contributed by atoms with Crippen molar-refractivity contribution in [3.05, 3.63) is 88.7 Å². The number of aryl methyl sites for hydroxylation is 1. The number of aromatic nitrogens is 1. The minimum absolute atomic E-state index is 0.245. The first-order valence-electron chi connectivity index (χ1n) is 8.31. The van der Waals surface area contributed by atoms with E-state index < -0.39 is 0 Å². The van der Waals surface area contributed by atoms with Crippen LogP contribution in [-0.2, 0) is 6.54 Å². The van der Waals surface area contributed by atoms with Crippen molar-refractivity contribution in [1.82, 2.24) is 4.98 Å². The third-order valence-corrected chi connectivity index (χ3v) is 4.35. The Bertz CT molecular complexity index is 912. The zero-order valence-corrected chi connectivity index (χ0v) is 15.5. The molecule has 4 nitrogen and oxygen atoms in total. The number of hydrogen-bond acceptors (Lipinski definition) is 3. The number of nitrogens with one attached hydrogen (secondary N) is 1. The number of hydrogen-bond donors (Lipinski definition) is 1. The molecule has 0 saturated heterocycles. The number of rotatable bonds is 5. The molecule has 5 heteroatoms. The molecule has 2 aromatic carbocycles. The van der Waals surface area contributed by atoms with Crippen molar-refractivity contribution in [2.45, 2.75) is 13.5 Å². The molecule has 3 rings (SSSR count). The summed E-state index contributed by atoms with van der Waals surface area (Å²) in [6.07, 6.45) is 1.65. The van der Waals surface area contributed by atoms with Crippen LogP contribution in [0.2, 0.25) is 5.02 Å². The number of halogens is 1. The number of anilines is 2. The summed E-state index contributed by atoms with van der Waals surface area (Å²) in [6.45, 7) is 2.65. The first-order valence-corrected chi connectivity index (χ1v) is 8.69. The molecular formula is C21H20ClN3O. The van der Waals surface area contributed by atoms with Crippen molar-refractivity contribution >= 4 is 28.9 Å². The highest BCUT2D eigenvalue weighted by Gasteiger charge is 2.12. The molecule has 0 aliphatic heterocycles. The molecule has 3 aromatic rings. The number of amides is 1. The van der Waals surface area contributed by atoms with Gasteiger partial charge in [0, 0.05) is 36.2 Å². The zero-order chi connectivity index (χ0) is 18.5. The normalized spacial score (nSPS) is 10.4. The molecule has 0 saturated carbocycles. The fourth-order valence-corrected chi connectivity index (χ4v) is 2.91. The maximum atomic E-state index is 12.6. The lowest BCUT2D eigenvalue weighted by Crippen LogP contribution is -2.19. The van der Waals surface area contributed by atoms with Gasteiger partial charge in [-0.25, -0.2) is 0 Å². The van der Waals surface area contributed by atoms with Crippen molar-refractivity contribution in [3.8, 4) is 0 Å². The third-order valence-electron chi connectivity index (χ3n) is 4.12. The van der Waals surface area contributed by atoms with Crippen LogP contribution in [0.15, 0.2) is 66.9 Å². The average Bonchev–Trinajstić information content (AvgIpc) is 2.65. The summed E-state index contributed by atoms with van der Waals surface area (Å²) in [7, 11) is 1.99. The van der Waals surface area contributed by atoms with Crippen LogP contribution in [0.3, 0.4) is 0 Å². The van der Waals surface area contributed by atoms with Gasteiger partial charge in [-0.05, 0) is 48.4 Å². The van der Waals surface area contributed by atoms with Crippen molar-refractivity contribution in [3.63, 3.8) is 0 Å². The smallest absolute Gasteiger partial charge is 0.274 e. The van der Waals surface area contributed by atoms with E-state index in [-0.39, 0.29) is 5.91 Å². The molecule has 0 atom stereocenters. The van der Waals surface area contributed by atoms with Gasteiger partial charge in [0.1, 0.15) is 5.69 Å². The molecule has 0 aliphatic carbocycles. The fraction of sp³-hybridized carbons (Fsp3) is 0.143. The first kappa shape index (κ1) is 18.0. The second-order valence-electron chi connectivity index (χ2n) is 6.15. The average molecular weight is 366 g/mol. The molecular weight excluding hydrogens is 346 g/mol. The van der Waals surface area contributed by atoms with Gasteiger partial charge in [-0.2, -0.15) is 0 Å². The van der Waals surface area contributed by atoms with Gasteiger partial charge in [0.05, 0.1) is 0 Å². The lowest BCUT2D eigenvalue weighted by Gasteiger charge is -2.20. The Labute approximate surface area is 158 Å². The predicted molar refractivity (Wildman–Crippen MR) is 107 cm³/mol. The van der Waals surface area contributed by atoms with Gasteiger partial charge in [-0.3, -0.25) is 9.78 Å². The molecule has 0 unspecified atom stereocenters. The summed E-state index contributed by atoms with van der Waals surface area (Å²) in [4.78, 5) is 18.9. The first-order chi connectivity index (χ1) is 12.5. The molecule has 0 fully saturated rings. The largest absolute Gasteiger partial charge is 0.370 e. The van der Waals surface area contributed by atoms with Crippen LogP contribution in [0.25, 0.3) is 0 Å². The van der Waals surface area contributed by atoms with E-state index >= 15 is 0 Å². The van der Waals surface area contributed by atoms with Crippen LogP contribution in [0.5, 0.6) is 0 Å². The van der Waals surface area contributed by atoms with Crippen LogP contribution in [-0.4, -0.2) is 17.9 Å². The molecule has 1 heterocycles. The Balaban J connectivity index is 1.74. The number of carbonyl (C=O) groups excluding carboxylic acids is 1. The fourth-order valence-electron chi connectivity index (χ4n) is 2.68. The summed E-state index contributed by atoms with van der Waals surface area (Å²) < 4.78 is 0. The molecule has 132 valence electrons. The lowest BCUT2D eigenvalue weighted by molar-refractivity contribution is 0.102. The van der Waals surface area contributed by atoms with E-state index in [9.17, 15) is 4.79 Å². The Morgan fingerprint density at radius 3 is 2.62 bits per heavy atom. The van der Waals surface area contributed by atoms with Gasteiger partial charge in [-0.15, -0.1) is 0 Å². The van der Waals surface area contributed by atoms with Crippen molar-refractivity contribution in [2.75, 3.05) is 17.3 Å². The maximum Gasteiger partial charge on any atom is 0.274 e. The molecule has 0 bridgehead atoms. The minimum atomic E-state index is -0.245. The van der Waals surface area contributed by atoms with Crippen molar-refractivity contribution < 1.29 is 4.79 Å². The van der Waals surface area contributed by atoms with Gasteiger partial charge >= 0.3 is 0 Å². The second-order valence-corrected chi connectivity index (χ2v) is 6.59. The molecule has 26 heavy (non-hydrogen) atoms. The summed E-state index contributed by atoms with van der Waals surface area (Å²) in [5.41, 5.74) is 4.14. The highest BCUT2D eigenvalue weighted by Crippen LogP contribution is 2.21. The van der Waals surface area contributed by atoms with Gasteiger partial charge in [0.15, 0.2) is 0 Å². The highest BCUT2D eigenvalue weighted by atomic mass is 35.5. The lowest BCUT2D eigenvalue weighted by atomic mass is 10.2.